The van der Waals surface area contributed by atoms with E-state index in [2.05, 4.69) is 48.7 Å². The van der Waals surface area contributed by atoms with Crippen LogP contribution in [0.15, 0.2) is 24.3 Å². The van der Waals surface area contributed by atoms with E-state index in [1.807, 2.05) is 24.3 Å². The van der Waals surface area contributed by atoms with E-state index in [1.54, 1.807) is 0 Å². The van der Waals surface area contributed by atoms with Gasteiger partial charge in [-0.2, -0.15) is 0 Å². The molecule has 100 valence electrons. The average Bonchev–Trinajstić information content (AvgIpc) is 2.24. The minimum Gasteiger partial charge on any atom is -0.351 e. The number of benzene rings is 1. The number of halogens is 2. The van der Waals surface area contributed by atoms with Crippen molar-refractivity contribution in [1.82, 2.24) is 5.32 Å². The normalized spacial score (nSPS) is 13.2. The summed E-state index contributed by atoms with van der Waals surface area (Å²) in [5, 5.41) is 2.85. The van der Waals surface area contributed by atoms with Crippen molar-refractivity contribution in [3.8, 4) is 0 Å². The minimum atomic E-state index is -0.0560. The largest absolute Gasteiger partial charge is 0.351 e. The molecule has 0 heterocycles. The summed E-state index contributed by atoms with van der Waals surface area (Å²) in [6.45, 7) is 6.93. The van der Waals surface area contributed by atoms with Crippen molar-refractivity contribution in [2.24, 2.45) is 5.41 Å². The predicted octanol–water partition coefficient (Wildman–Crippen LogP) is 4.06. The maximum atomic E-state index is 12.0. The summed E-state index contributed by atoms with van der Waals surface area (Å²) in [6, 6.07) is 7.53. The summed E-state index contributed by atoms with van der Waals surface area (Å²) < 4.78 is 0.953. The molecule has 4 heteroatoms. The fraction of sp³-hybridized carbons (Fsp3) is 0.500. The van der Waals surface area contributed by atoms with E-state index in [-0.39, 0.29) is 16.7 Å². The Morgan fingerprint density at radius 1 is 1.39 bits per heavy atom. The number of rotatable bonds is 4. The first kappa shape index (κ1) is 15.8. The third-order valence-electron chi connectivity index (χ3n) is 2.44. The predicted molar refractivity (Wildman–Crippen MR) is 85.2 cm³/mol. The molecule has 1 aromatic rings. The van der Waals surface area contributed by atoms with Crippen molar-refractivity contribution in [3.05, 3.63) is 33.4 Å². The molecule has 18 heavy (non-hydrogen) atoms. The highest BCUT2D eigenvalue weighted by atomic mass is 127. The van der Waals surface area contributed by atoms with Crippen molar-refractivity contribution >= 4 is 40.1 Å². The van der Waals surface area contributed by atoms with Crippen LogP contribution in [0.5, 0.6) is 0 Å². The van der Waals surface area contributed by atoms with E-state index in [1.165, 1.54) is 0 Å². The van der Waals surface area contributed by atoms with Gasteiger partial charge in [0.15, 0.2) is 0 Å². The standard InChI is InChI=1S/C14H19ClINO/c1-14(2,3)8-10(15)9-17-13(18)11-6-4-5-7-12(11)16/h4-7,10H,8-9H2,1-3H3,(H,17,18). The van der Waals surface area contributed by atoms with Crippen molar-refractivity contribution in [2.45, 2.75) is 32.6 Å². The van der Waals surface area contributed by atoms with E-state index in [4.69, 9.17) is 11.6 Å². The quantitative estimate of drug-likeness (QED) is 0.620. The maximum Gasteiger partial charge on any atom is 0.252 e. The fourth-order valence-corrected chi connectivity index (χ4v) is 2.85. The van der Waals surface area contributed by atoms with Crippen LogP contribution in [0.3, 0.4) is 0 Å². The molecule has 1 amide bonds. The number of amides is 1. The third kappa shape index (κ3) is 5.57. The minimum absolute atomic E-state index is 0.0321. The van der Waals surface area contributed by atoms with Gasteiger partial charge in [-0.05, 0) is 46.6 Å². The Kier molecular flexibility index (Phi) is 5.92. The lowest BCUT2D eigenvalue weighted by molar-refractivity contribution is 0.0951. The molecule has 1 N–H and O–H groups in total. The Bertz CT molecular complexity index is 415. The molecular formula is C14H19ClINO. The van der Waals surface area contributed by atoms with Gasteiger partial charge in [-0.15, -0.1) is 11.6 Å². The molecule has 0 fully saturated rings. The summed E-state index contributed by atoms with van der Waals surface area (Å²) in [4.78, 5) is 12.0. The lowest BCUT2D eigenvalue weighted by atomic mass is 9.90. The smallest absolute Gasteiger partial charge is 0.252 e. The van der Waals surface area contributed by atoms with Crippen molar-refractivity contribution in [2.75, 3.05) is 6.54 Å². The van der Waals surface area contributed by atoms with Crippen molar-refractivity contribution in [1.29, 1.82) is 0 Å². The summed E-state index contributed by atoms with van der Waals surface area (Å²) >= 11 is 8.38. The SMILES string of the molecule is CC(C)(C)CC(Cl)CNC(=O)c1ccccc1I. The Morgan fingerprint density at radius 3 is 2.56 bits per heavy atom. The molecule has 0 radical (unpaired) electrons. The van der Waals surface area contributed by atoms with Gasteiger partial charge in [0.25, 0.3) is 5.91 Å². The molecule has 2 nitrogen and oxygen atoms in total. The Hall–Kier alpha value is -0.290. The molecule has 0 aliphatic rings. The average molecular weight is 380 g/mol. The van der Waals surface area contributed by atoms with E-state index in [0.717, 1.165) is 9.99 Å². The molecule has 0 saturated carbocycles. The summed E-state index contributed by atoms with van der Waals surface area (Å²) in [7, 11) is 0. The molecule has 1 atom stereocenters. The fourth-order valence-electron chi connectivity index (χ4n) is 1.68. The molecule has 0 aliphatic heterocycles. The molecule has 1 rings (SSSR count). The zero-order valence-electron chi connectivity index (χ0n) is 11.0. The molecule has 1 aromatic carbocycles. The van der Waals surface area contributed by atoms with Gasteiger partial charge in [0.2, 0.25) is 0 Å². The first-order valence-corrected chi connectivity index (χ1v) is 7.48. The number of hydrogen-bond acceptors (Lipinski definition) is 1. The van der Waals surface area contributed by atoms with Crippen LogP contribution >= 0.6 is 34.2 Å². The Labute approximate surface area is 128 Å². The van der Waals surface area contributed by atoms with Crippen LogP contribution in [0.4, 0.5) is 0 Å². The van der Waals surface area contributed by atoms with Gasteiger partial charge in [-0.1, -0.05) is 32.9 Å². The first-order chi connectivity index (χ1) is 8.29. The second-order valence-corrected chi connectivity index (χ2v) is 7.33. The molecule has 0 aromatic heterocycles. The van der Waals surface area contributed by atoms with Gasteiger partial charge in [-0.3, -0.25) is 4.79 Å². The number of hydrogen-bond donors (Lipinski definition) is 1. The molecule has 0 bridgehead atoms. The van der Waals surface area contributed by atoms with Crippen LogP contribution in [-0.2, 0) is 0 Å². The molecule has 1 unspecified atom stereocenters. The van der Waals surface area contributed by atoms with Crippen LogP contribution in [0.1, 0.15) is 37.6 Å². The highest BCUT2D eigenvalue weighted by Gasteiger charge is 2.18. The van der Waals surface area contributed by atoms with Crippen molar-refractivity contribution in [3.63, 3.8) is 0 Å². The van der Waals surface area contributed by atoms with Gasteiger partial charge in [-0.25, -0.2) is 0 Å². The molecule has 0 aliphatic carbocycles. The zero-order chi connectivity index (χ0) is 13.8. The van der Waals surface area contributed by atoms with E-state index in [9.17, 15) is 4.79 Å². The van der Waals surface area contributed by atoms with Gasteiger partial charge in [0.05, 0.1) is 10.9 Å². The molecule has 0 saturated heterocycles. The van der Waals surface area contributed by atoms with Crippen LogP contribution < -0.4 is 5.32 Å². The van der Waals surface area contributed by atoms with Gasteiger partial charge < -0.3 is 5.32 Å². The Morgan fingerprint density at radius 2 is 2.00 bits per heavy atom. The van der Waals surface area contributed by atoms with Gasteiger partial charge in [0.1, 0.15) is 0 Å². The summed E-state index contributed by atoms with van der Waals surface area (Å²) in [6.07, 6.45) is 0.876. The number of carbonyl (C=O) groups excluding carboxylic acids is 1. The molecular weight excluding hydrogens is 361 g/mol. The van der Waals surface area contributed by atoms with Crippen LogP contribution in [0.2, 0.25) is 0 Å². The monoisotopic (exact) mass is 379 g/mol. The number of nitrogens with one attached hydrogen (secondary N) is 1. The second kappa shape index (κ2) is 6.75. The van der Waals surface area contributed by atoms with E-state index in [0.29, 0.717) is 12.1 Å². The zero-order valence-corrected chi connectivity index (χ0v) is 13.9. The lowest BCUT2D eigenvalue weighted by Crippen LogP contribution is -2.32. The highest BCUT2D eigenvalue weighted by molar-refractivity contribution is 14.1. The number of carbonyl (C=O) groups is 1. The van der Waals surface area contributed by atoms with Gasteiger partial charge >= 0.3 is 0 Å². The topological polar surface area (TPSA) is 29.1 Å². The second-order valence-electron chi connectivity index (χ2n) is 5.55. The molecule has 0 spiro atoms. The first-order valence-electron chi connectivity index (χ1n) is 5.96. The van der Waals surface area contributed by atoms with Crippen molar-refractivity contribution < 1.29 is 4.79 Å². The third-order valence-corrected chi connectivity index (χ3v) is 3.69. The summed E-state index contributed by atoms with van der Waals surface area (Å²) in [5.74, 6) is -0.0560. The van der Waals surface area contributed by atoms with Crippen LogP contribution in [0, 0.1) is 8.99 Å². The van der Waals surface area contributed by atoms with Crippen LogP contribution in [0.25, 0.3) is 0 Å². The lowest BCUT2D eigenvalue weighted by Gasteiger charge is -2.22. The summed E-state index contributed by atoms with van der Waals surface area (Å²) in [5.41, 5.74) is 0.885. The van der Waals surface area contributed by atoms with Gasteiger partial charge in [0, 0.05) is 10.1 Å². The van der Waals surface area contributed by atoms with E-state index >= 15 is 0 Å². The number of alkyl halides is 1. The maximum absolute atomic E-state index is 12.0. The highest BCUT2D eigenvalue weighted by Crippen LogP contribution is 2.23. The van der Waals surface area contributed by atoms with E-state index < -0.39 is 0 Å². The van der Waals surface area contributed by atoms with Crippen LogP contribution in [-0.4, -0.2) is 17.8 Å². The Balaban J connectivity index is 2.50.